The van der Waals surface area contributed by atoms with Gasteiger partial charge in [-0.05, 0) is 62.4 Å². The number of nitrogens with one attached hydrogen (secondary N) is 1. The SMILES string of the molecule is CC.COC(=O)c1sc(NC(=O)c2ccc(SN(C)C)cc2)nc1-c1ccccn1. The van der Waals surface area contributed by atoms with Crippen LogP contribution in [0.5, 0.6) is 0 Å². The third-order valence-corrected chi connectivity index (χ3v) is 5.33. The number of amides is 1. The molecule has 2 aromatic heterocycles. The van der Waals surface area contributed by atoms with Crippen LogP contribution in [0.2, 0.25) is 0 Å². The molecular formula is C21H24N4O3S2. The number of hydrogen-bond acceptors (Lipinski definition) is 8. The maximum Gasteiger partial charge on any atom is 0.350 e. The van der Waals surface area contributed by atoms with Crippen molar-refractivity contribution in [2.45, 2.75) is 18.7 Å². The lowest BCUT2D eigenvalue weighted by Gasteiger charge is -2.08. The van der Waals surface area contributed by atoms with Gasteiger partial charge in [-0.15, -0.1) is 0 Å². The molecule has 0 saturated carbocycles. The van der Waals surface area contributed by atoms with Crippen LogP contribution in [-0.4, -0.2) is 47.4 Å². The van der Waals surface area contributed by atoms with Gasteiger partial charge in [0, 0.05) is 16.7 Å². The lowest BCUT2D eigenvalue weighted by molar-refractivity contribution is 0.0606. The number of pyridine rings is 1. The van der Waals surface area contributed by atoms with Crippen LogP contribution in [0.4, 0.5) is 5.13 Å². The minimum absolute atomic E-state index is 0.286. The van der Waals surface area contributed by atoms with Crippen molar-refractivity contribution in [3.05, 3.63) is 59.1 Å². The lowest BCUT2D eigenvalue weighted by Crippen LogP contribution is -2.11. The van der Waals surface area contributed by atoms with Crippen LogP contribution in [0, 0.1) is 0 Å². The second-order valence-corrected chi connectivity index (χ2v) is 8.17. The van der Waals surface area contributed by atoms with E-state index in [0.717, 1.165) is 16.2 Å². The van der Waals surface area contributed by atoms with Crippen LogP contribution in [0.3, 0.4) is 0 Å². The Labute approximate surface area is 184 Å². The monoisotopic (exact) mass is 444 g/mol. The van der Waals surface area contributed by atoms with Crippen molar-refractivity contribution in [3.63, 3.8) is 0 Å². The van der Waals surface area contributed by atoms with E-state index >= 15 is 0 Å². The molecule has 0 aliphatic carbocycles. The van der Waals surface area contributed by atoms with Crippen molar-refractivity contribution in [3.8, 4) is 11.4 Å². The van der Waals surface area contributed by atoms with E-state index in [-0.39, 0.29) is 10.8 Å². The van der Waals surface area contributed by atoms with E-state index in [4.69, 9.17) is 4.74 Å². The highest BCUT2D eigenvalue weighted by molar-refractivity contribution is 7.97. The number of hydrogen-bond donors (Lipinski definition) is 1. The zero-order chi connectivity index (χ0) is 22.1. The predicted octanol–water partition coefficient (Wildman–Crippen LogP) is 4.84. The van der Waals surface area contributed by atoms with Gasteiger partial charge >= 0.3 is 5.97 Å². The number of nitrogens with zero attached hydrogens (tertiary/aromatic N) is 3. The van der Waals surface area contributed by atoms with E-state index in [2.05, 4.69) is 15.3 Å². The molecule has 0 aliphatic heterocycles. The molecule has 9 heteroatoms. The first-order valence-electron chi connectivity index (χ1n) is 9.25. The van der Waals surface area contributed by atoms with Crippen LogP contribution in [0.15, 0.2) is 53.6 Å². The van der Waals surface area contributed by atoms with Gasteiger partial charge < -0.3 is 4.74 Å². The van der Waals surface area contributed by atoms with E-state index in [1.807, 2.05) is 44.4 Å². The second kappa shape index (κ2) is 11.4. The zero-order valence-corrected chi connectivity index (χ0v) is 19.1. The van der Waals surface area contributed by atoms with Crippen molar-refractivity contribution >= 4 is 40.3 Å². The third kappa shape index (κ3) is 6.12. The number of ether oxygens (including phenoxy) is 1. The number of esters is 1. The van der Waals surface area contributed by atoms with E-state index in [1.165, 1.54) is 7.11 Å². The first kappa shape index (κ1) is 23.5. The fraction of sp³-hybridized carbons (Fsp3) is 0.238. The molecule has 0 aliphatic rings. The Hall–Kier alpha value is -2.75. The molecule has 3 aromatic rings. The van der Waals surface area contributed by atoms with Gasteiger partial charge in [0.15, 0.2) is 5.13 Å². The van der Waals surface area contributed by atoms with E-state index in [1.54, 1.807) is 48.5 Å². The average Bonchev–Trinajstić information content (AvgIpc) is 3.19. The van der Waals surface area contributed by atoms with Crippen LogP contribution in [-0.2, 0) is 4.74 Å². The molecule has 0 bridgehead atoms. The molecule has 0 atom stereocenters. The molecule has 0 unspecified atom stereocenters. The van der Waals surface area contributed by atoms with Gasteiger partial charge in [-0.2, -0.15) is 0 Å². The molecule has 0 spiro atoms. The third-order valence-electron chi connectivity index (χ3n) is 3.53. The summed E-state index contributed by atoms with van der Waals surface area (Å²) >= 11 is 2.62. The summed E-state index contributed by atoms with van der Waals surface area (Å²) in [6.45, 7) is 4.00. The second-order valence-electron chi connectivity index (χ2n) is 5.79. The van der Waals surface area contributed by atoms with Crippen molar-refractivity contribution in [1.29, 1.82) is 0 Å². The molecule has 0 radical (unpaired) electrons. The van der Waals surface area contributed by atoms with E-state index < -0.39 is 5.97 Å². The maximum absolute atomic E-state index is 12.6. The van der Waals surface area contributed by atoms with Crippen LogP contribution in [0.1, 0.15) is 33.9 Å². The Balaban J connectivity index is 0.00000155. The molecule has 1 aromatic carbocycles. The van der Waals surface area contributed by atoms with E-state index in [0.29, 0.717) is 22.1 Å². The molecule has 2 heterocycles. The zero-order valence-electron chi connectivity index (χ0n) is 17.5. The van der Waals surface area contributed by atoms with Crippen LogP contribution >= 0.6 is 23.3 Å². The Kier molecular flexibility index (Phi) is 8.97. The summed E-state index contributed by atoms with van der Waals surface area (Å²) in [4.78, 5) is 34.6. The largest absolute Gasteiger partial charge is 0.465 e. The molecule has 1 N–H and O–H groups in total. The number of methoxy groups -OCH3 is 1. The van der Waals surface area contributed by atoms with E-state index in [9.17, 15) is 9.59 Å². The van der Waals surface area contributed by atoms with Gasteiger partial charge in [0.25, 0.3) is 5.91 Å². The molecule has 0 saturated heterocycles. The van der Waals surface area contributed by atoms with Gasteiger partial charge in [-0.1, -0.05) is 31.3 Å². The molecule has 1 amide bonds. The Morgan fingerprint density at radius 3 is 2.37 bits per heavy atom. The minimum Gasteiger partial charge on any atom is -0.465 e. The first-order valence-corrected chi connectivity index (χ1v) is 10.8. The van der Waals surface area contributed by atoms with Crippen molar-refractivity contribution < 1.29 is 14.3 Å². The number of carbonyl (C=O) groups is 2. The van der Waals surface area contributed by atoms with Crippen molar-refractivity contribution in [2.24, 2.45) is 0 Å². The number of benzene rings is 1. The minimum atomic E-state index is -0.524. The fourth-order valence-electron chi connectivity index (χ4n) is 2.33. The summed E-state index contributed by atoms with van der Waals surface area (Å²) < 4.78 is 6.80. The molecule has 3 rings (SSSR count). The Morgan fingerprint density at radius 1 is 1.10 bits per heavy atom. The van der Waals surface area contributed by atoms with Gasteiger partial charge in [0.2, 0.25) is 0 Å². The summed E-state index contributed by atoms with van der Waals surface area (Å²) in [7, 11) is 5.20. The summed E-state index contributed by atoms with van der Waals surface area (Å²) in [6, 6.07) is 12.6. The topological polar surface area (TPSA) is 84.4 Å². The van der Waals surface area contributed by atoms with Crippen molar-refractivity contribution in [2.75, 3.05) is 26.5 Å². The average molecular weight is 445 g/mol. The highest BCUT2D eigenvalue weighted by Gasteiger charge is 2.22. The van der Waals surface area contributed by atoms with Crippen LogP contribution < -0.4 is 5.32 Å². The highest BCUT2D eigenvalue weighted by Crippen LogP contribution is 2.31. The molecule has 158 valence electrons. The molecule has 7 nitrogen and oxygen atoms in total. The Morgan fingerprint density at radius 2 is 1.80 bits per heavy atom. The number of rotatable bonds is 6. The standard InChI is InChI=1S/C19H18N4O3S2.C2H6/c1-23(2)28-13-9-7-12(8-10-13)17(24)22-19-21-15(14-6-4-5-11-20-14)16(27-19)18(25)26-3;1-2/h4-11H,1-3H3,(H,21,22,24);1-2H3. The van der Waals surface area contributed by atoms with Gasteiger partial charge in [-0.3, -0.25) is 19.4 Å². The molecule has 0 fully saturated rings. The van der Waals surface area contributed by atoms with Gasteiger partial charge in [0.05, 0.1) is 12.8 Å². The normalized spacial score (nSPS) is 10.2. The lowest BCUT2D eigenvalue weighted by atomic mass is 10.2. The summed E-state index contributed by atoms with van der Waals surface area (Å²) in [5.41, 5.74) is 1.41. The number of anilines is 1. The van der Waals surface area contributed by atoms with Crippen molar-refractivity contribution in [1.82, 2.24) is 14.3 Å². The molecule has 30 heavy (non-hydrogen) atoms. The fourth-order valence-corrected chi connectivity index (χ4v) is 3.90. The van der Waals surface area contributed by atoms with Crippen LogP contribution in [0.25, 0.3) is 11.4 Å². The maximum atomic E-state index is 12.6. The Bertz CT molecular complexity index is 974. The number of aromatic nitrogens is 2. The molecular weight excluding hydrogens is 420 g/mol. The summed E-state index contributed by atoms with van der Waals surface area (Å²) in [6.07, 6.45) is 1.61. The predicted molar refractivity (Wildman–Crippen MR) is 122 cm³/mol. The summed E-state index contributed by atoms with van der Waals surface area (Å²) in [5.74, 6) is -0.831. The summed E-state index contributed by atoms with van der Waals surface area (Å²) in [5, 5.41) is 3.05. The highest BCUT2D eigenvalue weighted by atomic mass is 32.2. The van der Waals surface area contributed by atoms with Gasteiger partial charge in [-0.25, -0.2) is 9.78 Å². The number of thiazole rings is 1. The smallest absolute Gasteiger partial charge is 0.350 e. The van der Waals surface area contributed by atoms with Gasteiger partial charge in [0.1, 0.15) is 10.6 Å². The first-order chi connectivity index (χ1) is 14.5. The number of carbonyl (C=O) groups excluding carboxylic acids is 2. The quantitative estimate of drug-likeness (QED) is 0.430.